The molecule has 0 saturated carbocycles. The van der Waals surface area contributed by atoms with Gasteiger partial charge in [-0.25, -0.2) is 0 Å². The first kappa shape index (κ1) is 15.0. The number of aryl methyl sites for hydroxylation is 1. The lowest BCUT2D eigenvalue weighted by atomic mass is 10.1. The first-order chi connectivity index (χ1) is 9.97. The zero-order valence-corrected chi connectivity index (χ0v) is 12.1. The summed E-state index contributed by atoms with van der Waals surface area (Å²) in [5.41, 5.74) is 1.83. The van der Waals surface area contributed by atoms with Crippen LogP contribution in [-0.2, 0) is 0 Å². The van der Waals surface area contributed by atoms with Gasteiger partial charge in [-0.05, 0) is 24.6 Å². The molecule has 0 atom stereocenters. The van der Waals surface area contributed by atoms with Crippen LogP contribution < -0.4 is 4.74 Å². The minimum Gasteiger partial charge on any atom is -0.436 e. The molecule has 0 amide bonds. The van der Waals surface area contributed by atoms with Crippen LogP contribution in [0.2, 0.25) is 0 Å². The molecular weight excluding hydrogens is 270 g/mol. The molecule has 0 radical (unpaired) electrons. The maximum atomic E-state index is 9.15. The number of rotatable bonds is 3. The van der Waals surface area contributed by atoms with E-state index in [0.29, 0.717) is 5.75 Å². The molecule has 6 heteroatoms. The van der Waals surface area contributed by atoms with Gasteiger partial charge in [0.15, 0.2) is 5.69 Å². The van der Waals surface area contributed by atoms with E-state index in [-0.39, 0.29) is 17.5 Å². The average molecular weight is 287 g/mol. The fourth-order valence-electron chi connectivity index (χ4n) is 1.61. The number of nitrogens with one attached hydrogen (secondary N) is 1. The molecule has 0 aliphatic heterocycles. The van der Waals surface area contributed by atoms with Crippen LogP contribution in [0.15, 0.2) is 18.2 Å². The van der Waals surface area contributed by atoms with Crippen LogP contribution >= 0.6 is 0 Å². The van der Waals surface area contributed by atoms with Gasteiger partial charge in [0.2, 0.25) is 6.29 Å². The Morgan fingerprint density at radius 2 is 2.00 bits per heavy atom. The number of H-pyrrole nitrogens is 1. The van der Waals surface area contributed by atoms with Crippen LogP contribution in [0.5, 0.6) is 11.6 Å². The van der Waals surface area contributed by atoms with Crippen molar-refractivity contribution in [1.82, 2.24) is 15.4 Å². The summed E-state index contributed by atoms with van der Waals surface area (Å²) >= 11 is 0. The smallest absolute Gasteiger partial charge is 0.267 e. The van der Waals surface area contributed by atoms with Crippen LogP contribution in [0.4, 0.5) is 0 Å². The highest BCUT2D eigenvalue weighted by molar-refractivity contribution is 5.46. The van der Waals surface area contributed by atoms with Gasteiger partial charge in [-0.15, -0.1) is 5.10 Å². The normalized spacial score (nSPS) is 10.6. The first-order valence-electron chi connectivity index (χ1n) is 6.54. The molecule has 0 spiro atoms. The monoisotopic (exact) mass is 287 g/mol. The minimum atomic E-state index is -1.75. The zero-order valence-electron chi connectivity index (χ0n) is 12.1. The van der Waals surface area contributed by atoms with Crippen molar-refractivity contribution in [3.63, 3.8) is 0 Å². The third kappa shape index (κ3) is 3.81. The van der Waals surface area contributed by atoms with Gasteiger partial charge in [-0.3, -0.25) is 0 Å². The van der Waals surface area contributed by atoms with Gasteiger partial charge in [-0.2, -0.15) is 10.3 Å². The summed E-state index contributed by atoms with van der Waals surface area (Å²) in [4.78, 5) is 0. The van der Waals surface area contributed by atoms with Crippen LogP contribution in [0.25, 0.3) is 0 Å². The summed E-state index contributed by atoms with van der Waals surface area (Å²) in [5, 5.41) is 28.0. The molecule has 0 fully saturated rings. The average Bonchev–Trinajstić information content (AvgIpc) is 2.87. The van der Waals surface area contributed by atoms with E-state index in [1.807, 2.05) is 26.8 Å². The predicted octanol–water partition coefficient (Wildman–Crippen LogP) is 1.90. The first-order valence-corrected chi connectivity index (χ1v) is 6.54. The Morgan fingerprint density at radius 1 is 1.24 bits per heavy atom. The summed E-state index contributed by atoms with van der Waals surface area (Å²) < 4.78 is 5.52. The Bertz CT molecular complexity index is 681. The molecule has 2 aromatic rings. The number of nitrogens with zero attached hydrogens (tertiary/aromatic N) is 2. The summed E-state index contributed by atoms with van der Waals surface area (Å²) in [6.45, 7) is 6.01. The molecular formula is C15H17N3O3. The van der Waals surface area contributed by atoms with E-state index in [9.17, 15) is 0 Å². The highest BCUT2D eigenvalue weighted by Gasteiger charge is 2.16. The second-order valence-corrected chi connectivity index (χ2v) is 4.89. The summed E-state index contributed by atoms with van der Waals surface area (Å²) in [5.74, 6) is 7.00. The predicted molar refractivity (Wildman–Crippen MR) is 76.5 cm³/mol. The van der Waals surface area contributed by atoms with Crippen molar-refractivity contribution in [2.24, 2.45) is 5.92 Å². The maximum Gasteiger partial charge on any atom is 0.267 e. The molecule has 0 bridgehead atoms. The van der Waals surface area contributed by atoms with E-state index in [2.05, 4.69) is 27.3 Å². The molecule has 0 unspecified atom stereocenters. The van der Waals surface area contributed by atoms with Crippen molar-refractivity contribution in [2.45, 2.75) is 27.1 Å². The highest BCUT2D eigenvalue weighted by atomic mass is 16.5. The van der Waals surface area contributed by atoms with Gasteiger partial charge in [0.05, 0.1) is 0 Å². The van der Waals surface area contributed by atoms with Crippen molar-refractivity contribution in [3.05, 3.63) is 35.0 Å². The van der Waals surface area contributed by atoms with E-state index in [4.69, 9.17) is 14.9 Å². The third-order valence-corrected chi connectivity index (χ3v) is 2.70. The van der Waals surface area contributed by atoms with Crippen molar-refractivity contribution < 1.29 is 14.9 Å². The molecule has 21 heavy (non-hydrogen) atoms. The number of aromatic amines is 1. The number of aliphatic hydroxyl groups is 2. The fraction of sp³-hybridized carbons (Fsp3) is 0.333. The van der Waals surface area contributed by atoms with Crippen LogP contribution in [0, 0.1) is 24.7 Å². The lowest BCUT2D eigenvalue weighted by Gasteiger charge is -2.07. The second kappa shape index (κ2) is 6.39. The molecule has 0 aliphatic carbocycles. The van der Waals surface area contributed by atoms with Crippen LogP contribution in [0.1, 0.15) is 37.0 Å². The molecule has 2 rings (SSSR count). The third-order valence-electron chi connectivity index (χ3n) is 2.70. The molecule has 3 N–H and O–H groups in total. The second-order valence-electron chi connectivity index (χ2n) is 4.89. The largest absolute Gasteiger partial charge is 0.436 e. The van der Waals surface area contributed by atoms with E-state index < -0.39 is 6.29 Å². The lowest BCUT2D eigenvalue weighted by molar-refractivity contribution is -0.0470. The number of aromatic nitrogens is 3. The van der Waals surface area contributed by atoms with Gasteiger partial charge < -0.3 is 14.9 Å². The summed E-state index contributed by atoms with van der Waals surface area (Å²) in [7, 11) is 0. The molecule has 0 saturated heterocycles. The lowest BCUT2D eigenvalue weighted by Crippen LogP contribution is -1.98. The molecule has 6 nitrogen and oxygen atoms in total. The Labute approximate surface area is 122 Å². The summed E-state index contributed by atoms with van der Waals surface area (Å²) in [6.07, 6.45) is -1.75. The van der Waals surface area contributed by atoms with Gasteiger partial charge >= 0.3 is 0 Å². The van der Waals surface area contributed by atoms with E-state index >= 15 is 0 Å². The van der Waals surface area contributed by atoms with Crippen molar-refractivity contribution in [2.75, 3.05) is 0 Å². The van der Waals surface area contributed by atoms with E-state index in [1.165, 1.54) is 0 Å². The number of hydrogen-bond donors (Lipinski definition) is 3. The Hall–Kier alpha value is -2.36. The molecule has 1 aromatic carbocycles. The molecule has 1 heterocycles. The Kier molecular flexibility index (Phi) is 4.58. The van der Waals surface area contributed by atoms with Gasteiger partial charge in [-0.1, -0.05) is 31.8 Å². The Balaban J connectivity index is 2.28. The molecule has 0 aliphatic rings. The van der Waals surface area contributed by atoms with E-state index in [0.717, 1.165) is 11.1 Å². The number of benzene rings is 1. The number of ether oxygens (including phenoxy) is 1. The van der Waals surface area contributed by atoms with Gasteiger partial charge in [0.25, 0.3) is 5.88 Å². The number of aliphatic hydroxyl groups excluding tert-OH is 1. The van der Waals surface area contributed by atoms with Gasteiger partial charge in [0, 0.05) is 11.5 Å². The Morgan fingerprint density at radius 3 is 2.67 bits per heavy atom. The van der Waals surface area contributed by atoms with Crippen LogP contribution in [0.3, 0.4) is 0 Å². The molecule has 1 aromatic heterocycles. The van der Waals surface area contributed by atoms with Crippen LogP contribution in [-0.4, -0.2) is 25.6 Å². The number of hydrogen-bond acceptors (Lipinski definition) is 5. The highest BCUT2D eigenvalue weighted by Crippen LogP contribution is 2.26. The maximum absolute atomic E-state index is 9.15. The van der Waals surface area contributed by atoms with Crippen molar-refractivity contribution in [1.29, 1.82) is 0 Å². The molecule has 110 valence electrons. The van der Waals surface area contributed by atoms with E-state index in [1.54, 1.807) is 12.1 Å². The quantitative estimate of drug-likeness (QED) is 0.592. The van der Waals surface area contributed by atoms with Crippen molar-refractivity contribution in [3.8, 4) is 23.5 Å². The SMILES string of the molecule is Cc1ccc(Oc2n[nH]nc2C(O)O)cc1C#CC(C)C. The fourth-order valence-corrected chi connectivity index (χ4v) is 1.61. The zero-order chi connectivity index (χ0) is 15.4. The standard InChI is InChI=1S/C15H17N3O3/c1-9(2)4-6-11-8-12(7-5-10(11)3)21-14-13(15(19)20)16-18-17-14/h5,7-9,15,19-20H,1-3H3,(H,16,17,18). The van der Waals surface area contributed by atoms with Crippen molar-refractivity contribution >= 4 is 0 Å². The van der Waals surface area contributed by atoms with Gasteiger partial charge in [0.1, 0.15) is 5.75 Å². The minimum absolute atomic E-state index is 0.0246. The topological polar surface area (TPSA) is 91.3 Å². The summed E-state index contributed by atoms with van der Waals surface area (Å²) in [6, 6.07) is 5.43.